The lowest BCUT2D eigenvalue weighted by molar-refractivity contribution is -0.0154. The van der Waals surface area contributed by atoms with Crippen molar-refractivity contribution in [1.82, 2.24) is 0 Å². The average molecular weight is 192 g/mol. The van der Waals surface area contributed by atoms with Gasteiger partial charge in [-0.3, -0.25) is 0 Å². The lowest BCUT2D eigenvalue weighted by Crippen LogP contribution is -2.38. The van der Waals surface area contributed by atoms with Gasteiger partial charge in [0.2, 0.25) is 0 Å². The second-order valence-corrected chi connectivity index (χ2v) is 5.39. The second kappa shape index (κ2) is 4.06. The van der Waals surface area contributed by atoms with Gasteiger partial charge in [-0.2, -0.15) is 24.4 Å². The molecule has 0 amide bonds. The molecule has 0 aromatic heterocycles. The van der Waals surface area contributed by atoms with Crippen molar-refractivity contribution in [2.75, 3.05) is 18.1 Å². The molecule has 0 N–H and O–H groups in total. The molecule has 1 aliphatic heterocycles. The lowest BCUT2D eigenvalue weighted by atomic mass is 10.0. The molecule has 11 heavy (non-hydrogen) atoms. The van der Waals surface area contributed by atoms with Gasteiger partial charge in [0.25, 0.3) is 0 Å². The Morgan fingerprint density at radius 3 is 2.91 bits per heavy atom. The number of thioether (sulfide) groups is 1. The predicted octanol–water partition coefficient (Wildman–Crippen LogP) is 2.22. The van der Waals surface area contributed by atoms with Crippen molar-refractivity contribution in [2.24, 2.45) is 0 Å². The van der Waals surface area contributed by atoms with Crippen LogP contribution in [0.4, 0.5) is 0 Å². The molecule has 1 saturated heterocycles. The van der Waals surface area contributed by atoms with Crippen molar-refractivity contribution < 1.29 is 4.74 Å². The molecule has 1 nitrogen and oxygen atoms in total. The summed E-state index contributed by atoms with van der Waals surface area (Å²) in [5.74, 6) is 2.27. The van der Waals surface area contributed by atoms with Gasteiger partial charge in [-0.05, 0) is 13.3 Å². The zero-order valence-corrected chi connectivity index (χ0v) is 8.88. The summed E-state index contributed by atoms with van der Waals surface area (Å²) in [6.07, 6.45) is 1.06. The maximum absolute atomic E-state index is 5.71. The Morgan fingerprint density at radius 2 is 2.45 bits per heavy atom. The molecule has 1 aliphatic rings. The summed E-state index contributed by atoms with van der Waals surface area (Å²) in [6.45, 7) is 5.21. The molecule has 0 radical (unpaired) electrons. The van der Waals surface area contributed by atoms with Gasteiger partial charge in [0.1, 0.15) is 0 Å². The topological polar surface area (TPSA) is 9.23 Å². The summed E-state index contributed by atoms with van der Waals surface area (Å²) in [6, 6.07) is 0. The predicted molar refractivity (Wildman–Crippen MR) is 54.7 cm³/mol. The van der Waals surface area contributed by atoms with Gasteiger partial charge in [0, 0.05) is 16.8 Å². The highest BCUT2D eigenvalue weighted by Crippen LogP contribution is 2.28. The highest BCUT2D eigenvalue weighted by atomic mass is 32.2. The molecule has 2 atom stereocenters. The molecule has 2 unspecified atom stereocenters. The molecule has 0 aromatic carbocycles. The summed E-state index contributed by atoms with van der Waals surface area (Å²) in [7, 11) is 0. The first-order valence-electron chi connectivity index (χ1n) is 4.02. The van der Waals surface area contributed by atoms with Crippen LogP contribution in [0.2, 0.25) is 0 Å². The maximum atomic E-state index is 5.71. The summed E-state index contributed by atoms with van der Waals surface area (Å²) >= 11 is 6.36. The summed E-state index contributed by atoms with van der Waals surface area (Å²) in [5, 5.41) is 0.443. The molecule has 1 fully saturated rings. The van der Waals surface area contributed by atoms with Crippen molar-refractivity contribution in [3.8, 4) is 0 Å². The second-order valence-electron chi connectivity index (χ2n) is 3.40. The van der Waals surface area contributed by atoms with Gasteiger partial charge < -0.3 is 4.74 Å². The highest BCUT2D eigenvalue weighted by Gasteiger charge is 2.28. The monoisotopic (exact) mass is 192 g/mol. The van der Waals surface area contributed by atoms with Gasteiger partial charge in [0.05, 0.1) is 12.2 Å². The summed E-state index contributed by atoms with van der Waals surface area (Å²) in [4.78, 5) is 0. The Labute approximate surface area is 78.7 Å². The number of hydrogen-bond acceptors (Lipinski definition) is 3. The first-order chi connectivity index (χ1) is 5.12. The molecule has 0 aliphatic carbocycles. The normalized spacial score (nSPS) is 35.2. The van der Waals surface area contributed by atoms with Crippen molar-refractivity contribution in [2.45, 2.75) is 31.1 Å². The van der Waals surface area contributed by atoms with Crippen LogP contribution in [-0.4, -0.2) is 29.0 Å². The number of rotatable bonds is 2. The van der Waals surface area contributed by atoms with E-state index in [4.69, 9.17) is 4.74 Å². The minimum absolute atomic E-state index is 0.0874. The van der Waals surface area contributed by atoms with Crippen LogP contribution < -0.4 is 0 Å². The quantitative estimate of drug-likeness (QED) is 0.672. The van der Waals surface area contributed by atoms with E-state index in [-0.39, 0.29) is 5.60 Å². The van der Waals surface area contributed by atoms with Crippen LogP contribution in [0.25, 0.3) is 0 Å². The van der Waals surface area contributed by atoms with Gasteiger partial charge >= 0.3 is 0 Å². The Bertz CT molecular complexity index is 119. The van der Waals surface area contributed by atoms with Crippen molar-refractivity contribution in [3.05, 3.63) is 0 Å². The van der Waals surface area contributed by atoms with E-state index in [1.807, 2.05) is 11.8 Å². The fourth-order valence-corrected chi connectivity index (χ4v) is 2.78. The van der Waals surface area contributed by atoms with Crippen LogP contribution in [0.1, 0.15) is 20.3 Å². The highest BCUT2D eigenvalue weighted by molar-refractivity contribution is 7.99. The van der Waals surface area contributed by atoms with E-state index in [1.54, 1.807) is 0 Å². The molecule has 0 aromatic rings. The zero-order chi connectivity index (χ0) is 8.32. The Morgan fingerprint density at radius 1 is 1.73 bits per heavy atom. The smallest absolute Gasteiger partial charge is 0.0755 e. The van der Waals surface area contributed by atoms with E-state index in [0.29, 0.717) is 5.25 Å². The first-order valence-corrected chi connectivity index (χ1v) is 5.69. The molecule has 0 saturated carbocycles. The molecule has 3 heteroatoms. The standard InChI is InChI=1S/C8H16OS2/c1-7(10)5-8(2)6-11-4-3-9-8/h7,10H,3-6H2,1-2H3. The van der Waals surface area contributed by atoms with Gasteiger partial charge in [0.15, 0.2) is 0 Å². The Kier molecular flexibility index (Phi) is 3.59. The maximum Gasteiger partial charge on any atom is 0.0755 e. The van der Waals surface area contributed by atoms with Crippen LogP contribution in [0.5, 0.6) is 0 Å². The van der Waals surface area contributed by atoms with E-state index in [9.17, 15) is 0 Å². The van der Waals surface area contributed by atoms with Crippen LogP contribution in [0, 0.1) is 0 Å². The molecule has 0 bridgehead atoms. The van der Waals surface area contributed by atoms with Crippen LogP contribution in [-0.2, 0) is 4.74 Å². The van der Waals surface area contributed by atoms with Gasteiger partial charge in [-0.15, -0.1) is 0 Å². The third-order valence-electron chi connectivity index (χ3n) is 1.81. The largest absolute Gasteiger partial charge is 0.374 e. The number of thiol groups is 1. The van der Waals surface area contributed by atoms with E-state index in [2.05, 4.69) is 26.5 Å². The molecular formula is C8H16OS2. The number of ether oxygens (including phenoxy) is 1. The van der Waals surface area contributed by atoms with Crippen molar-refractivity contribution in [3.63, 3.8) is 0 Å². The van der Waals surface area contributed by atoms with Gasteiger partial charge in [-0.1, -0.05) is 6.92 Å². The molecule has 1 heterocycles. The van der Waals surface area contributed by atoms with Crippen LogP contribution in [0.15, 0.2) is 0 Å². The third kappa shape index (κ3) is 3.26. The fourth-order valence-electron chi connectivity index (χ4n) is 1.42. The van der Waals surface area contributed by atoms with Crippen LogP contribution >= 0.6 is 24.4 Å². The first kappa shape index (κ1) is 9.75. The van der Waals surface area contributed by atoms with Gasteiger partial charge in [-0.25, -0.2) is 0 Å². The average Bonchev–Trinajstić information content (AvgIpc) is 1.85. The van der Waals surface area contributed by atoms with E-state index in [1.165, 1.54) is 0 Å². The zero-order valence-electron chi connectivity index (χ0n) is 7.17. The Hall–Kier alpha value is 0.660. The number of hydrogen-bond donors (Lipinski definition) is 1. The third-order valence-corrected chi connectivity index (χ3v) is 3.27. The van der Waals surface area contributed by atoms with Crippen molar-refractivity contribution >= 4 is 24.4 Å². The molecule has 1 rings (SSSR count). The van der Waals surface area contributed by atoms with E-state index in [0.717, 1.165) is 24.5 Å². The summed E-state index contributed by atoms with van der Waals surface area (Å²) < 4.78 is 5.71. The fraction of sp³-hybridized carbons (Fsp3) is 1.00. The van der Waals surface area contributed by atoms with E-state index < -0.39 is 0 Å². The summed E-state index contributed by atoms with van der Waals surface area (Å²) in [5.41, 5.74) is 0.0874. The minimum Gasteiger partial charge on any atom is -0.374 e. The van der Waals surface area contributed by atoms with Crippen molar-refractivity contribution in [1.29, 1.82) is 0 Å². The molecular weight excluding hydrogens is 176 g/mol. The lowest BCUT2D eigenvalue weighted by Gasteiger charge is -2.34. The molecule has 66 valence electrons. The Balaban J connectivity index is 2.37. The van der Waals surface area contributed by atoms with E-state index >= 15 is 0 Å². The SMILES string of the molecule is CC(S)CC1(C)CSCCO1. The minimum atomic E-state index is 0.0874. The molecule has 0 spiro atoms. The van der Waals surface area contributed by atoms with Crippen LogP contribution in [0.3, 0.4) is 0 Å².